The summed E-state index contributed by atoms with van der Waals surface area (Å²) >= 11 is 11.5. The highest BCUT2D eigenvalue weighted by Gasteiger charge is 2.13. The number of para-hydroxylation sites is 1. The molecule has 1 aromatic heterocycles. The minimum atomic E-state index is -0.389. The summed E-state index contributed by atoms with van der Waals surface area (Å²) in [5.74, 6) is -0.232. The fraction of sp³-hybridized carbons (Fsp3) is 0.0833. The molecule has 1 heterocycles. The van der Waals surface area contributed by atoms with Crippen molar-refractivity contribution in [3.63, 3.8) is 0 Å². The highest BCUT2D eigenvalue weighted by atomic mass is 35.5. The number of hydrogen-bond donors (Lipinski definition) is 1. The van der Waals surface area contributed by atoms with Crippen LogP contribution in [-0.2, 0) is 4.79 Å². The Morgan fingerprint density at radius 3 is 2.84 bits per heavy atom. The van der Waals surface area contributed by atoms with Gasteiger partial charge in [0.15, 0.2) is 5.69 Å². The molecule has 0 aliphatic carbocycles. The van der Waals surface area contributed by atoms with Crippen molar-refractivity contribution in [3.8, 4) is 11.8 Å². The molecule has 1 aromatic carbocycles. The second kappa shape index (κ2) is 5.74. The Balaban J connectivity index is 2.50. The third kappa shape index (κ3) is 2.87. The van der Waals surface area contributed by atoms with Gasteiger partial charge in [-0.15, -0.1) is 11.6 Å². The van der Waals surface area contributed by atoms with Gasteiger partial charge in [0, 0.05) is 6.07 Å². The second-order valence-electron chi connectivity index (χ2n) is 3.57. The van der Waals surface area contributed by atoms with Crippen molar-refractivity contribution in [2.75, 3.05) is 11.2 Å². The van der Waals surface area contributed by atoms with Gasteiger partial charge in [-0.1, -0.05) is 23.7 Å². The van der Waals surface area contributed by atoms with Crippen LogP contribution in [0.1, 0.15) is 5.69 Å². The summed E-state index contributed by atoms with van der Waals surface area (Å²) in [4.78, 5) is 11.3. The molecule has 0 bridgehead atoms. The fourth-order valence-corrected chi connectivity index (χ4v) is 1.79. The summed E-state index contributed by atoms with van der Waals surface area (Å²) < 4.78 is 1.39. The number of hydrogen-bond acceptors (Lipinski definition) is 3. The molecule has 0 aliphatic rings. The van der Waals surface area contributed by atoms with E-state index in [-0.39, 0.29) is 17.5 Å². The van der Waals surface area contributed by atoms with Crippen molar-refractivity contribution < 1.29 is 4.79 Å². The van der Waals surface area contributed by atoms with E-state index >= 15 is 0 Å². The average molecular weight is 295 g/mol. The van der Waals surface area contributed by atoms with Gasteiger partial charge in [0.05, 0.1) is 10.7 Å². The Kier molecular flexibility index (Phi) is 4.05. The monoisotopic (exact) mass is 294 g/mol. The zero-order chi connectivity index (χ0) is 13.8. The SMILES string of the molecule is N#Cc1cc(NC(=O)CCl)n(-c2ccccc2Cl)n1. The summed E-state index contributed by atoms with van der Waals surface area (Å²) in [6.07, 6.45) is 0. The number of carbonyl (C=O) groups is 1. The first-order chi connectivity index (χ1) is 9.15. The van der Waals surface area contributed by atoms with Crippen LogP contribution in [-0.4, -0.2) is 21.6 Å². The topological polar surface area (TPSA) is 70.7 Å². The first-order valence-electron chi connectivity index (χ1n) is 5.26. The molecule has 5 nitrogen and oxygen atoms in total. The largest absolute Gasteiger partial charge is 0.310 e. The number of alkyl halides is 1. The Bertz CT molecular complexity index is 660. The molecule has 0 aliphatic heterocycles. The number of rotatable bonds is 3. The van der Waals surface area contributed by atoms with Gasteiger partial charge in [-0.2, -0.15) is 10.4 Å². The van der Waals surface area contributed by atoms with E-state index in [0.29, 0.717) is 16.5 Å². The molecule has 0 saturated carbocycles. The third-order valence-corrected chi connectivity index (χ3v) is 2.86. The van der Waals surface area contributed by atoms with Crippen molar-refractivity contribution >= 4 is 34.9 Å². The lowest BCUT2D eigenvalue weighted by molar-refractivity contribution is -0.114. The molecule has 0 atom stereocenters. The predicted molar refractivity (Wildman–Crippen MR) is 72.6 cm³/mol. The Hall–Kier alpha value is -2.03. The Morgan fingerprint density at radius 2 is 2.21 bits per heavy atom. The number of anilines is 1. The third-order valence-electron chi connectivity index (χ3n) is 2.29. The maximum atomic E-state index is 11.3. The number of aromatic nitrogens is 2. The summed E-state index contributed by atoms with van der Waals surface area (Å²) in [5, 5.41) is 16.0. The number of amides is 1. The van der Waals surface area contributed by atoms with Gasteiger partial charge in [-0.25, -0.2) is 4.68 Å². The smallest absolute Gasteiger partial charge is 0.240 e. The van der Waals surface area contributed by atoms with E-state index in [9.17, 15) is 4.79 Å². The number of halogens is 2. The molecule has 19 heavy (non-hydrogen) atoms. The van der Waals surface area contributed by atoms with E-state index in [0.717, 1.165) is 0 Å². The maximum absolute atomic E-state index is 11.3. The molecule has 1 N–H and O–H groups in total. The number of nitriles is 1. The van der Waals surface area contributed by atoms with Crippen LogP contribution in [0.5, 0.6) is 0 Å². The molecule has 0 spiro atoms. The van der Waals surface area contributed by atoms with Crippen LogP contribution in [0.2, 0.25) is 5.02 Å². The summed E-state index contributed by atoms with van der Waals surface area (Å²) in [5.41, 5.74) is 0.736. The first kappa shape index (κ1) is 13.4. The van der Waals surface area contributed by atoms with Crippen molar-refractivity contribution in [2.24, 2.45) is 0 Å². The highest BCUT2D eigenvalue weighted by molar-refractivity contribution is 6.32. The van der Waals surface area contributed by atoms with Crippen LogP contribution in [0.4, 0.5) is 5.82 Å². The lowest BCUT2D eigenvalue weighted by atomic mass is 10.3. The standard InChI is InChI=1S/C12H8Cl2N4O/c13-6-12(19)16-11-5-8(7-15)17-18(11)10-4-2-1-3-9(10)14/h1-5H,6H2,(H,16,19). The van der Waals surface area contributed by atoms with Gasteiger partial charge in [0.1, 0.15) is 17.8 Å². The molecule has 0 unspecified atom stereocenters. The van der Waals surface area contributed by atoms with E-state index in [1.807, 2.05) is 6.07 Å². The van der Waals surface area contributed by atoms with Crippen LogP contribution in [0.3, 0.4) is 0 Å². The van der Waals surface area contributed by atoms with Crippen molar-refractivity contribution in [2.45, 2.75) is 0 Å². The van der Waals surface area contributed by atoms with Gasteiger partial charge in [-0.3, -0.25) is 4.79 Å². The Labute approximate surface area is 119 Å². The number of carbonyl (C=O) groups excluding carboxylic acids is 1. The molecule has 0 saturated heterocycles. The van der Waals surface area contributed by atoms with Crippen LogP contribution >= 0.6 is 23.2 Å². The molecule has 96 valence electrons. The lowest BCUT2D eigenvalue weighted by Gasteiger charge is -2.09. The van der Waals surface area contributed by atoms with Gasteiger partial charge < -0.3 is 5.32 Å². The summed E-state index contributed by atoms with van der Waals surface area (Å²) in [6.45, 7) is 0. The van der Waals surface area contributed by atoms with Crippen molar-refractivity contribution in [1.82, 2.24) is 9.78 Å². The van der Waals surface area contributed by atoms with Crippen molar-refractivity contribution in [3.05, 3.63) is 41.0 Å². The van der Waals surface area contributed by atoms with Gasteiger partial charge in [0.25, 0.3) is 0 Å². The number of nitrogens with one attached hydrogen (secondary N) is 1. The quantitative estimate of drug-likeness (QED) is 0.885. The molecule has 0 fully saturated rings. The highest BCUT2D eigenvalue weighted by Crippen LogP contribution is 2.23. The normalized spacial score (nSPS) is 9.95. The van der Waals surface area contributed by atoms with Gasteiger partial charge in [0.2, 0.25) is 5.91 Å². The lowest BCUT2D eigenvalue weighted by Crippen LogP contribution is -2.15. The molecular weight excluding hydrogens is 287 g/mol. The van der Waals surface area contributed by atoms with E-state index in [1.165, 1.54) is 10.7 Å². The van der Waals surface area contributed by atoms with Crippen LogP contribution < -0.4 is 5.32 Å². The number of benzene rings is 1. The predicted octanol–water partition coefficient (Wildman–Crippen LogP) is 2.57. The molecule has 2 aromatic rings. The van der Waals surface area contributed by atoms with Crippen molar-refractivity contribution in [1.29, 1.82) is 5.26 Å². The second-order valence-corrected chi connectivity index (χ2v) is 4.25. The summed E-state index contributed by atoms with van der Waals surface area (Å²) in [6, 6.07) is 10.3. The molecule has 7 heteroatoms. The zero-order valence-corrected chi connectivity index (χ0v) is 11.1. The van der Waals surface area contributed by atoms with Crippen LogP contribution in [0, 0.1) is 11.3 Å². The average Bonchev–Trinajstić information content (AvgIpc) is 2.82. The minimum absolute atomic E-state index is 0.171. The number of nitrogens with zero attached hydrogens (tertiary/aromatic N) is 3. The Morgan fingerprint density at radius 1 is 1.47 bits per heavy atom. The molecule has 0 radical (unpaired) electrons. The van der Waals surface area contributed by atoms with Crippen LogP contribution in [0.15, 0.2) is 30.3 Å². The van der Waals surface area contributed by atoms with Gasteiger partial charge in [-0.05, 0) is 12.1 Å². The minimum Gasteiger partial charge on any atom is -0.310 e. The molecule has 2 rings (SSSR count). The van der Waals surface area contributed by atoms with E-state index in [1.54, 1.807) is 24.3 Å². The fourth-order valence-electron chi connectivity index (χ4n) is 1.51. The van der Waals surface area contributed by atoms with E-state index < -0.39 is 0 Å². The van der Waals surface area contributed by atoms with Gasteiger partial charge >= 0.3 is 0 Å². The first-order valence-corrected chi connectivity index (χ1v) is 6.18. The maximum Gasteiger partial charge on any atom is 0.240 e. The zero-order valence-electron chi connectivity index (χ0n) is 9.60. The van der Waals surface area contributed by atoms with E-state index in [2.05, 4.69) is 10.4 Å². The van der Waals surface area contributed by atoms with Crippen LogP contribution in [0.25, 0.3) is 5.69 Å². The molecular formula is C12H8Cl2N4O. The summed E-state index contributed by atoms with van der Waals surface area (Å²) in [7, 11) is 0. The van der Waals surface area contributed by atoms with E-state index in [4.69, 9.17) is 28.5 Å². The molecule has 1 amide bonds.